The van der Waals surface area contributed by atoms with Crippen molar-refractivity contribution in [2.24, 2.45) is 0 Å². The topological polar surface area (TPSA) is 33.1 Å². The molecule has 1 aliphatic carbocycles. The molecule has 3 heteroatoms. The Balaban J connectivity index is 1.88. The van der Waals surface area contributed by atoms with E-state index in [1.54, 1.807) is 11.3 Å². The van der Waals surface area contributed by atoms with Gasteiger partial charge in [0.25, 0.3) is 0 Å². The first-order valence-corrected chi connectivity index (χ1v) is 7.19. The molecule has 1 aliphatic rings. The quantitative estimate of drug-likeness (QED) is 0.896. The van der Waals surface area contributed by atoms with Crippen molar-refractivity contribution in [3.63, 3.8) is 0 Å². The van der Waals surface area contributed by atoms with Crippen LogP contribution in [0.5, 0.6) is 0 Å². The number of rotatable bonds is 2. The number of fused-ring (bicyclic) bond motifs is 1. The van der Waals surface area contributed by atoms with Crippen molar-refractivity contribution in [3.05, 3.63) is 51.0 Å². The number of aliphatic hydroxyl groups excluding tert-OH is 1. The van der Waals surface area contributed by atoms with E-state index in [4.69, 9.17) is 0 Å². The zero-order valence-corrected chi connectivity index (χ0v) is 11.5. The molecule has 1 aromatic carbocycles. The zero-order chi connectivity index (χ0) is 12.7. The Bertz CT molecular complexity index is 549. The van der Waals surface area contributed by atoms with Crippen molar-refractivity contribution < 1.29 is 5.11 Å². The number of hydrogen-bond donors (Lipinski definition) is 1. The minimum absolute atomic E-state index is 0.403. The first-order valence-electron chi connectivity index (χ1n) is 6.37. The van der Waals surface area contributed by atoms with Crippen LogP contribution in [-0.2, 0) is 12.8 Å². The highest BCUT2D eigenvalue weighted by Gasteiger charge is 2.26. The fourth-order valence-corrected chi connectivity index (χ4v) is 3.83. The second-order valence-corrected chi connectivity index (χ2v) is 6.11. The van der Waals surface area contributed by atoms with Gasteiger partial charge in [0.05, 0.1) is 21.7 Å². The summed E-state index contributed by atoms with van der Waals surface area (Å²) in [6.45, 7) is 3.80. The van der Waals surface area contributed by atoms with E-state index in [-0.39, 0.29) is 0 Å². The van der Waals surface area contributed by atoms with Crippen LogP contribution in [0.2, 0.25) is 0 Å². The zero-order valence-electron chi connectivity index (χ0n) is 10.7. The van der Waals surface area contributed by atoms with Gasteiger partial charge in [-0.1, -0.05) is 24.3 Å². The van der Waals surface area contributed by atoms with Gasteiger partial charge >= 0.3 is 0 Å². The van der Waals surface area contributed by atoms with Crippen LogP contribution < -0.4 is 0 Å². The van der Waals surface area contributed by atoms with E-state index < -0.39 is 6.10 Å². The Kier molecular flexibility index (Phi) is 2.96. The van der Waals surface area contributed by atoms with Crippen LogP contribution in [0.15, 0.2) is 24.3 Å². The Morgan fingerprint density at radius 1 is 1.28 bits per heavy atom. The third kappa shape index (κ3) is 1.98. The molecular formula is C15H17NOS. The van der Waals surface area contributed by atoms with Gasteiger partial charge < -0.3 is 5.11 Å². The summed E-state index contributed by atoms with van der Waals surface area (Å²) in [6, 6.07) is 8.64. The number of hydrogen-bond acceptors (Lipinski definition) is 3. The highest BCUT2D eigenvalue weighted by atomic mass is 32.1. The van der Waals surface area contributed by atoms with Gasteiger partial charge in [-0.3, -0.25) is 0 Å². The summed E-state index contributed by atoms with van der Waals surface area (Å²) in [5.74, 6) is 0.499. The van der Waals surface area contributed by atoms with Gasteiger partial charge in [-0.2, -0.15) is 0 Å². The van der Waals surface area contributed by atoms with Crippen LogP contribution in [0.1, 0.15) is 45.7 Å². The van der Waals surface area contributed by atoms with Crippen molar-refractivity contribution in [3.8, 4) is 0 Å². The van der Waals surface area contributed by atoms with Crippen molar-refractivity contribution in [1.82, 2.24) is 4.98 Å². The van der Waals surface area contributed by atoms with Crippen LogP contribution in [-0.4, -0.2) is 10.1 Å². The molecule has 2 aromatic rings. The molecule has 1 aromatic heterocycles. The van der Waals surface area contributed by atoms with E-state index in [0.29, 0.717) is 5.92 Å². The van der Waals surface area contributed by atoms with Gasteiger partial charge in [0.1, 0.15) is 0 Å². The molecule has 0 saturated heterocycles. The van der Waals surface area contributed by atoms with Gasteiger partial charge in [-0.05, 0) is 37.8 Å². The van der Waals surface area contributed by atoms with E-state index in [2.05, 4.69) is 29.2 Å². The molecule has 0 spiro atoms. The predicted molar refractivity (Wildman–Crippen MR) is 74.1 cm³/mol. The number of aromatic nitrogens is 1. The maximum absolute atomic E-state index is 9.70. The van der Waals surface area contributed by atoms with Gasteiger partial charge in [0.15, 0.2) is 0 Å². The van der Waals surface area contributed by atoms with Gasteiger partial charge in [0.2, 0.25) is 0 Å². The second-order valence-electron chi connectivity index (χ2n) is 5.05. The maximum Gasteiger partial charge on any atom is 0.0969 e. The highest BCUT2D eigenvalue weighted by molar-refractivity contribution is 7.11. The first-order chi connectivity index (χ1) is 8.65. The first kappa shape index (κ1) is 11.9. The number of nitrogens with zero attached hydrogens (tertiary/aromatic N) is 1. The minimum Gasteiger partial charge on any atom is -0.388 e. The summed E-state index contributed by atoms with van der Waals surface area (Å²) in [4.78, 5) is 5.67. The monoisotopic (exact) mass is 259 g/mol. The van der Waals surface area contributed by atoms with Crippen LogP contribution in [0.3, 0.4) is 0 Å². The largest absolute Gasteiger partial charge is 0.388 e. The molecule has 2 nitrogen and oxygen atoms in total. The van der Waals surface area contributed by atoms with Gasteiger partial charge in [-0.15, -0.1) is 11.3 Å². The molecular weight excluding hydrogens is 242 g/mol. The van der Waals surface area contributed by atoms with Crippen molar-refractivity contribution in [2.75, 3.05) is 0 Å². The standard InChI is InChI=1S/C15H17NOS/c1-9-14(10(2)17)18-15(16-9)13-7-11-5-3-4-6-12(11)8-13/h3-6,10,13,17H,7-8H2,1-2H3. The molecule has 1 atom stereocenters. The molecule has 0 radical (unpaired) electrons. The lowest BCUT2D eigenvalue weighted by Crippen LogP contribution is -1.96. The fourth-order valence-electron chi connectivity index (χ4n) is 2.73. The third-order valence-corrected chi connectivity index (χ3v) is 5.12. The van der Waals surface area contributed by atoms with Crippen molar-refractivity contribution in [2.45, 2.75) is 38.7 Å². The number of benzene rings is 1. The molecule has 0 fully saturated rings. The molecule has 0 saturated carbocycles. The summed E-state index contributed by atoms with van der Waals surface area (Å²) in [5, 5.41) is 10.9. The third-order valence-electron chi connectivity index (χ3n) is 3.63. The van der Waals surface area contributed by atoms with E-state index in [1.807, 2.05) is 13.8 Å². The number of aryl methyl sites for hydroxylation is 1. The number of thiazole rings is 1. The summed E-state index contributed by atoms with van der Waals surface area (Å²) in [7, 11) is 0. The lowest BCUT2D eigenvalue weighted by molar-refractivity contribution is 0.202. The molecule has 3 rings (SSSR count). The van der Waals surface area contributed by atoms with Crippen LogP contribution in [0.4, 0.5) is 0 Å². The van der Waals surface area contributed by atoms with E-state index in [0.717, 1.165) is 23.4 Å². The minimum atomic E-state index is -0.403. The second kappa shape index (κ2) is 4.48. The van der Waals surface area contributed by atoms with Crippen LogP contribution >= 0.6 is 11.3 Å². The average molecular weight is 259 g/mol. The molecule has 0 amide bonds. The molecule has 0 aliphatic heterocycles. The van der Waals surface area contributed by atoms with E-state index >= 15 is 0 Å². The average Bonchev–Trinajstić information content (AvgIpc) is 2.91. The van der Waals surface area contributed by atoms with Gasteiger partial charge in [-0.25, -0.2) is 4.98 Å². The van der Waals surface area contributed by atoms with Crippen LogP contribution in [0, 0.1) is 6.92 Å². The Hall–Kier alpha value is -1.19. The maximum atomic E-state index is 9.70. The van der Waals surface area contributed by atoms with E-state index in [9.17, 15) is 5.11 Å². The van der Waals surface area contributed by atoms with Gasteiger partial charge in [0, 0.05) is 5.92 Å². The van der Waals surface area contributed by atoms with Crippen LogP contribution in [0.25, 0.3) is 0 Å². The summed E-state index contributed by atoms with van der Waals surface area (Å²) in [6.07, 6.45) is 1.77. The van der Waals surface area contributed by atoms with E-state index in [1.165, 1.54) is 16.1 Å². The van der Waals surface area contributed by atoms with Crippen molar-refractivity contribution >= 4 is 11.3 Å². The lowest BCUT2D eigenvalue weighted by atomic mass is 10.1. The normalized spacial score (nSPS) is 16.8. The lowest BCUT2D eigenvalue weighted by Gasteiger charge is -2.03. The highest BCUT2D eigenvalue weighted by Crippen LogP contribution is 2.37. The molecule has 1 N–H and O–H groups in total. The van der Waals surface area contributed by atoms with Crippen molar-refractivity contribution in [1.29, 1.82) is 0 Å². The summed E-state index contributed by atoms with van der Waals surface area (Å²) >= 11 is 1.67. The summed E-state index contributed by atoms with van der Waals surface area (Å²) in [5.41, 5.74) is 3.89. The smallest absolute Gasteiger partial charge is 0.0969 e. The predicted octanol–water partition coefficient (Wildman–Crippen LogP) is 3.39. The Morgan fingerprint density at radius 3 is 2.39 bits per heavy atom. The molecule has 0 bridgehead atoms. The number of aliphatic hydroxyl groups is 1. The Morgan fingerprint density at radius 2 is 1.89 bits per heavy atom. The summed E-state index contributed by atoms with van der Waals surface area (Å²) < 4.78 is 0. The SMILES string of the molecule is Cc1nc(C2Cc3ccccc3C2)sc1C(C)O. The molecule has 94 valence electrons. The molecule has 1 heterocycles. The molecule has 1 unspecified atom stereocenters. The Labute approximate surface area is 111 Å². The molecule has 18 heavy (non-hydrogen) atoms. The fraction of sp³-hybridized carbons (Fsp3) is 0.400.